The van der Waals surface area contributed by atoms with Crippen LogP contribution in [0.25, 0.3) is 5.57 Å². The smallest absolute Gasteiger partial charge is 0.277 e. The Morgan fingerprint density at radius 1 is 1.11 bits per heavy atom. The Morgan fingerprint density at radius 2 is 1.70 bits per heavy atom. The van der Waals surface area contributed by atoms with E-state index in [0.29, 0.717) is 11.3 Å². The summed E-state index contributed by atoms with van der Waals surface area (Å²) >= 11 is 0. The van der Waals surface area contributed by atoms with Crippen LogP contribution in [0.1, 0.15) is 79.8 Å². The number of aryl methyl sites for hydroxylation is 2. The first-order chi connectivity index (χ1) is 12.6. The van der Waals surface area contributed by atoms with E-state index in [1.807, 2.05) is 26.8 Å². The Hall–Kier alpha value is -2.36. The summed E-state index contributed by atoms with van der Waals surface area (Å²) in [6.45, 7) is 16.6. The van der Waals surface area contributed by atoms with Crippen molar-refractivity contribution in [2.24, 2.45) is 12.5 Å². The molecule has 0 saturated carbocycles. The molecule has 2 aromatic rings. The summed E-state index contributed by atoms with van der Waals surface area (Å²) in [5, 5.41) is 2.91. The van der Waals surface area contributed by atoms with Crippen LogP contribution in [0.4, 0.5) is 0 Å². The van der Waals surface area contributed by atoms with Crippen LogP contribution < -0.4 is 5.56 Å². The van der Waals surface area contributed by atoms with Gasteiger partial charge < -0.3 is 0 Å². The van der Waals surface area contributed by atoms with Gasteiger partial charge in [-0.05, 0) is 61.8 Å². The summed E-state index contributed by atoms with van der Waals surface area (Å²) in [6, 6.07) is 3.94. The van der Waals surface area contributed by atoms with Crippen molar-refractivity contribution in [3.8, 4) is 0 Å². The van der Waals surface area contributed by atoms with Crippen LogP contribution in [0.2, 0.25) is 0 Å². The molecule has 0 atom stereocenters. The molecule has 1 aromatic carbocycles. The van der Waals surface area contributed by atoms with Gasteiger partial charge in [0.15, 0.2) is 0 Å². The number of benzene rings is 1. The highest BCUT2D eigenvalue weighted by Gasteiger charge is 2.31. The lowest BCUT2D eigenvalue weighted by Gasteiger charge is -2.35. The zero-order chi connectivity index (χ0) is 20.7. The van der Waals surface area contributed by atoms with Crippen LogP contribution >= 0.6 is 0 Å². The topological polar surface area (TPSA) is 54.9 Å². The van der Waals surface area contributed by atoms with Crippen molar-refractivity contribution in [1.82, 2.24) is 9.78 Å². The van der Waals surface area contributed by atoms with E-state index < -0.39 is 0 Å². The number of ketones is 1. The highest BCUT2D eigenvalue weighted by molar-refractivity contribution is 6.11. The number of nitrogens with zero attached hydrogens (tertiary/aromatic N) is 1. The Balaban J connectivity index is 0.00000126. The van der Waals surface area contributed by atoms with Gasteiger partial charge in [-0.2, -0.15) is 0 Å². The van der Waals surface area contributed by atoms with Crippen LogP contribution in [0.5, 0.6) is 0 Å². The van der Waals surface area contributed by atoms with Gasteiger partial charge in [0.1, 0.15) is 5.56 Å². The van der Waals surface area contributed by atoms with Gasteiger partial charge in [0.05, 0.1) is 0 Å². The van der Waals surface area contributed by atoms with Crippen molar-refractivity contribution in [3.63, 3.8) is 0 Å². The Morgan fingerprint density at radius 3 is 2.22 bits per heavy atom. The minimum Gasteiger partial charge on any atom is -0.299 e. The molecule has 0 fully saturated rings. The van der Waals surface area contributed by atoms with Gasteiger partial charge in [-0.15, -0.1) is 0 Å². The number of carbonyl (C=O) groups is 1. The van der Waals surface area contributed by atoms with Crippen molar-refractivity contribution < 1.29 is 4.79 Å². The summed E-state index contributed by atoms with van der Waals surface area (Å²) in [4.78, 5) is 25.4. The first-order valence-electron chi connectivity index (χ1n) is 9.67. The zero-order valence-corrected chi connectivity index (χ0v) is 18.1. The second-order valence-electron chi connectivity index (χ2n) is 7.89. The largest absolute Gasteiger partial charge is 0.299 e. The van der Waals surface area contributed by atoms with Gasteiger partial charge in [0.2, 0.25) is 5.78 Å². The highest BCUT2D eigenvalue weighted by atomic mass is 16.2. The summed E-state index contributed by atoms with van der Waals surface area (Å²) < 4.78 is 1.36. The third-order valence-corrected chi connectivity index (χ3v) is 5.84. The van der Waals surface area contributed by atoms with Crippen molar-refractivity contribution in [3.05, 3.63) is 61.6 Å². The van der Waals surface area contributed by atoms with Gasteiger partial charge in [0.25, 0.3) is 5.56 Å². The molecule has 4 nitrogen and oxygen atoms in total. The predicted molar refractivity (Wildman–Crippen MR) is 112 cm³/mol. The van der Waals surface area contributed by atoms with Crippen molar-refractivity contribution in [1.29, 1.82) is 0 Å². The van der Waals surface area contributed by atoms with Crippen LogP contribution in [-0.2, 0) is 13.5 Å². The molecule has 0 saturated heterocycles. The number of aromatic nitrogens is 2. The number of hydrogen-bond acceptors (Lipinski definition) is 2. The molecule has 0 bridgehead atoms. The van der Waals surface area contributed by atoms with Crippen molar-refractivity contribution in [2.75, 3.05) is 0 Å². The average Bonchev–Trinajstić information content (AvgIpc) is 2.86. The third kappa shape index (κ3) is 3.33. The molecule has 1 aliphatic carbocycles. The number of nitrogens with one attached hydrogen (secondary N) is 1. The molecule has 1 aliphatic rings. The fraction of sp³-hybridized carbons (Fsp3) is 0.478. The van der Waals surface area contributed by atoms with Gasteiger partial charge in [0, 0.05) is 18.3 Å². The number of rotatable bonds is 2. The first kappa shape index (κ1) is 20.9. The minimum absolute atomic E-state index is 0.127. The molecule has 0 spiro atoms. The van der Waals surface area contributed by atoms with Crippen LogP contribution in [0.15, 0.2) is 22.5 Å². The van der Waals surface area contributed by atoms with E-state index in [2.05, 4.69) is 38.9 Å². The standard InChI is InChI=1S/C21H26N2O2.C2H6/c1-11-13(3)21(5,6)10-15-8-9-16(12(2)17(11)15)19(24)18-14(4)22-23(7)20(18)25;1-2/h8-9,22H,10H2,1-7H3;1-2H3. The Kier molecular flexibility index (Phi) is 5.69. The van der Waals surface area contributed by atoms with E-state index in [9.17, 15) is 9.59 Å². The monoisotopic (exact) mass is 368 g/mol. The van der Waals surface area contributed by atoms with E-state index in [1.54, 1.807) is 14.0 Å². The fourth-order valence-electron chi connectivity index (χ4n) is 4.08. The minimum atomic E-state index is -0.274. The lowest BCUT2D eigenvalue weighted by Crippen LogP contribution is -2.24. The average molecular weight is 369 g/mol. The first-order valence-corrected chi connectivity index (χ1v) is 9.67. The molecule has 0 aliphatic heterocycles. The van der Waals surface area contributed by atoms with E-state index in [4.69, 9.17) is 0 Å². The van der Waals surface area contributed by atoms with E-state index in [-0.39, 0.29) is 22.3 Å². The lowest BCUT2D eigenvalue weighted by atomic mass is 9.69. The molecular weight excluding hydrogens is 336 g/mol. The van der Waals surface area contributed by atoms with Crippen LogP contribution in [0, 0.1) is 19.3 Å². The number of hydrogen-bond donors (Lipinski definition) is 1. The van der Waals surface area contributed by atoms with E-state index >= 15 is 0 Å². The number of H-pyrrole nitrogens is 1. The maximum atomic E-state index is 13.1. The summed E-state index contributed by atoms with van der Waals surface area (Å²) in [5.41, 5.74) is 7.35. The SMILES string of the molecule is CC.CC1=C(C)C(C)(C)Cc2ccc(C(=O)c3c(C)[nH]n(C)c3=O)c(C)c21. The normalized spacial score (nSPS) is 15.1. The summed E-state index contributed by atoms with van der Waals surface area (Å²) in [7, 11) is 1.63. The highest BCUT2D eigenvalue weighted by Crippen LogP contribution is 2.43. The number of allylic oxidation sites excluding steroid dienone is 2. The maximum absolute atomic E-state index is 13.1. The maximum Gasteiger partial charge on any atom is 0.277 e. The summed E-state index contributed by atoms with van der Waals surface area (Å²) in [6.07, 6.45) is 0.964. The van der Waals surface area contributed by atoms with Gasteiger partial charge >= 0.3 is 0 Å². The molecule has 27 heavy (non-hydrogen) atoms. The van der Waals surface area contributed by atoms with Crippen molar-refractivity contribution >= 4 is 11.4 Å². The predicted octanol–water partition coefficient (Wildman–Crippen LogP) is 4.96. The Bertz CT molecular complexity index is 985. The van der Waals surface area contributed by atoms with Gasteiger partial charge in [-0.3, -0.25) is 19.4 Å². The van der Waals surface area contributed by atoms with Crippen molar-refractivity contribution in [2.45, 2.75) is 61.8 Å². The zero-order valence-electron chi connectivity index (χ0n) is 18.1. The molecule has 0 amide bonds. The third-order valence-electron chi connectivity index (χ3n) is 5.84. The summed E-state index contributed by atoms with van der Waals surface area (Å²) in [5.74, 6) is -0.199. The Labute approximate surface area is 162 Å². The molecular formula is C23H32N2O2. The molecule has 4 heteroatoms. The number of fused-ring (bicyclic) bond motifs is 1. The van der Waals surface area contributed by atoms with Gasteiger partial charge in [-0.25, -0.2) is 0 Å². The number of carbonyl (C=O) groups excluding carboxylic acids is 1. The van der Waals surface area contributed by atoms with Crippen LogP contribution in [0.3, 0.4) is 0 Å². The van der Waals surface area contributed by atoms with E-state index in [0.717, 1.165) is 12.0 Å². The molecule has 146 valence electrons. The van der Waals surface area contributed by atoms with Crippen LogP contribution in [-0.4, -0.2) is 15.6 Å². The quantitative estimate of drug-likeness (QED) is 0.762. The molecule has 1 aromatic heterocycles. The molecule has 1 heterocycles. The molecule has 0 unspecified atom stereocenters. The second-order valence-corrected chi connectivity index (χ2v) is 7.89. The second kappa shape index (κ2) is 7.34. The van der Waals surface area contributed by atoms with Gasteiger partial charge in [-0.1, -0.05) is 45.4 Å². The molecule has 0 radical (unpaired) electrons. The molecule has 3 rings (SSSR count). The van der Waals surface area contributed by atoms with E-state index in [1.165, 1.54) is 27.0 Å². The lowest BCUT2D eigenvalue weighted by molar-refractivity contribution is 0.103. The fourth-order valence-corrected chi connectivity index (χ4v) is 4.08. The number of aromatic amines is 1. The molecule has 1 N–H and O–H groups in total.